The summed E-state index contributed by atoms with van der Waals surface area (Å²) >= 11 is 1.48. The first-order chi connectivity index (χ1) is 12.6. The molecule has 0 aromatic carbocycles. The SMILES string of the molecule is Cc1ccnc(Nc2nc(CC(=O)N3CCC4(CC3)OCCO4)cs2)c1. The molecule has 2 aromatic heterocycles. The Bertz CT molecular complexity index is 778. The van der Waals surface area contributed by atoms with Crippen molar-refractivity contribution >= 4 is 28.2 Å². The van der Waals surface area contributed by atoms with Crippen molar-refractivity contribution in [3.63, 3.8) is 0 Å². The first-order valence-electron chi connectivity index (χ1n) is 8.82. The number of likely N-dealkylation sites (tertiary alicyclic amines) is 1. The molecule has 2 aliphatic heterocycles. The van der Waals surface area contributed by atoms with Crippen molar-refractivity contribution in [3.05, 3.63) is 35.0 Å². The molecule has 2 fully saturated rings. The molecule has 26 heavy (non-hydrogen) atoms. The van der Waals surface area contributed by atoms with Crippen LogP contribution in [-0.2, 0) is 20.7 Å². The number of carbonyl (C=O) groups excluding carboxylic acids is 1. The number of nitrogens with zero attached hydrogens (tertiary/aromatic N) is 3. The highest BCUT2D eigenvalue weighted by Gasteiger charge is 2.40. The highest BCUT2D eigenvalue weighted by molar-refractivity contribution is 7.13. The van der Waals surface area contributed by atoms with Crippen LogP contribution in [0.4, 0.5) is 10.9 Å². The number of thiazole rings is 1. The fourth-order valence-electron chi connectivity index (χ4n) is 3.31. The van der Waals surface area contributed by atoms with Crippen LogP contribution in [0.5, 0.6) is 0 Å². The Labute approximate surface area is 156 Å². The number of aryl methyl sites for hydroxylation is 1. The van der Waals surface area contributed by atoms with E-state index in [2.05, 4.69) is 15.3 Å². The van der Waals surface area contributed by atoms with E-state index in [1.807, 2.05) is 29.3 Å². The highest BCUT2D eigenvalue weighted by atomic mass is 32.1. The van der Waals surface area contributed by atoms with Crippen LogP contribution in [0.3, 0.4) is 0 Å². The molecule has 0 unspecified atom stereocenters. The third kappa shape index (κ3) is 3.87. The minimum Gasteiger partial charge on any atom is -0.347 e. The van der Waals surface area contributed by atoms with E-state index in [9.17, 15) is 4.79 Å². The Hall–Kier alpha value is -2.03. The van der Waals surface area contributed by atoms with Crippen LogP contribution in [0.2, 0.25) is 0 Å². The first kappa shape index (κ1) is 17.4. The van der Waals surface area contributed by atoms with Crippen LogP contribution in [0, 0.1) is 6.92 Å². The second kappa shape index (κ2) is 7.30. The molecule has 1 spiro atoms. The van der Waals surface area contributed by atoms with Gasteiger partial charge < -0.3 is 19.7 Å². The fourth-order valence-corrected chi connectivity index (χ4v) is 4.03. The number of hydrogen-bond acceptors (Lipinski definition) is 7. The minimum atomic E-state index is -0.449. The van der Waals surface area contributed by atoms with Gasteiger partial charge in [-0.05, 0) is 24.6 Å². The molecule has 4 heterocycles. The molecule has 0 atom stereocenters. The summed E-state index contributed by atoms with van der Waals surface area (Å²) in [7, 11) is 0. The van der Waals surface area contributed by atoms with Crippen LogP contribution < -0.4 is 5.32 Å². The summed E-state index contributed by atoms with van der Waals surface area (Å²) in [5.41, 5.74) is 1.91. The van der Waals surface area contributed by atoms with Crippen LogP contribution in [-0.4, -0.2) is 52.9 Å². The molecule has 2 aromatic rings. The van der Waals surface area contributed by atoms with E-state index in [-0.39, 0.29) is 5.91 Å². The Morgan fingerprint density at radius 3 is 2.85 bits per heavy atom. The monoisotopic (exact) mass is 374 g/mol. The molecular formula is C18H22N4O3S. The lowest BCUT2D eigenvalue weighted by molar-refractivity contribution is -0.187. The number of hydrogen-bond donors (Lipinski definition) is 1. The molecule has 8 heteroatoms. The van der Waals surface area contributed by atoms with Crippen LogP contribution in [0.25, 0.3) is 0 Å². The van der Waals surface area contributed by atoms with Crippen molar-refractivity contribution in [2.24, 2.45) is 0 Å². The van der Waals surface area contributed by atoms with E-state index in [1.54, 1.807) is 6.20 Å². The molecule has 138 valence electrons. The van der Waals surface area contributed by atoms with E-state index in [0.29, 0.717) is 32.7 Å². The molecule has 0 bridgehead atoms. The van der Waals surface area contributed by atoms with Gasteiger partial charge in [-0.15, -0.1) is 11.3 Å². The Kier molecular flexibility index (Phi) is 4.88. The van der Waals surface area contributed by atoms with E-state index >= 15 is 0 Å². The average molecular weight is 374 g/mol. The zero-order chi connectivity index (χ0) is 18.0. The zero-order valence-electron chi connectivity index (χ0n) is 14.7. The first-order valence-corrected chi connectivity index (χ1v) is 9.70. The van der Waals surface area contributed by atoms with Gasteiger partial charge in [-0.2, -0.15) is 0 Å². The number of ether oxygens (including phenoxy) is 2. The quantitative estimate of drug-likeness (QED) is 0.886. The van der Waals surface area contributed by atoms with Crippen molar-refractivity contribution in [1.82, 2.24) is 14.9 Å². The van der Waals surface area contributed by atoms with Crippen LogP contribution in [0.15, 0.2) is 23.7 Å². The van der Waals surface area contributed by atoms with E-state index in [1.165, 1.54) is 11.3 Å². The summed E-state index contributed by atoms with van der Waals surface area (Å²) in [4.78, 5) is 23.2. The van der Waals surface area contributed by atoms with Crippen molar-refractivity contribution in [2.75, 3.05) is 31.6 Å². The number of nitrogens with one attached hydrogen (secondary N) is 1. The summed E-state index contributed by atoms with van der Waals surface area (Å²) in [5.74, 6) is 0.411. The van der Waals surface area contributed by atoms with Crippen molar-refractivity contribution in [2.45, 2.75) is 32.0 Å². The van der Waals surface area contributed by atoms with Crippen LogP contribution in [0.1, 0.15) is 24.1 Å². The summed E-state index contributed by atoms with van der Waals surface area (Å²) < 4.78 is 11.4. The van der Waals surface area contributed by atoms with Crippen molar-refractivity contribution in [3.8, 4) is 0 Å². The van der Waals surface area contributed by atoms with Gasteiger partial charge in [0.1, 0.15) is 5.82 Å². The number of amides is 1. The maximum absolute atomic E-state index is 12.6. The molecule has 0 saturated carbocycles. The van der Waals surface area contributed by atoms with Gasteiger partial charge in [0.2, 0.25) is 5.91 Å². The molecule has 0 radical (unpaired) electrons. The van der Waals surface area contributed by atoms with E-state index in [0.717, 1.165) is 35.0 Å². The van der Waals surface area contributed by atoms with Gasteiger partial charge in [0.15, 0.2) is 10.9 Å². The maximum Gasteiger partial charge on any atom is 0.228 e. The zero-order valence-corrected chi connectivity index (χ0v) is 15.6. The molecule has 2 saturated heterocycles. The standard InChI is InChI=1S/C18H22N4O3S/c1-13-2-5-19-15(10-13)21-17-20-14(12-26-17)11-16(23)22-6-3-18(4-7-22)24-8-9-25-18/h2,5,10,12H,3-4,6-9,11H2,1H3,(H,19,20,21). The lowest BCUT2D eigenvalue weighted by Crippen LogP contribution is -2.47. The molecule has 2 aliphatic rings. The summed E-state index contributed by atoms with van der Waals surface area (Å²) in [6, 6.07) is 3.91. The smallest absolute Gasteiger partial charge is 0.228 e. The molecule has 7 nitrogen and oxygen atoms in total. The van der Waals surface area contributed by atoms with Gasteiger partial charge in [0, 0.05) is 37.5 Å². The number of anilines is 2. The van der Waals surface area contributed by atoms with Gasteiger partial charge in [-0.3, -0.25) is 4.79 Å². The molecule has 1 amide bonds. The third-order valence-corrected chi connectivity index (χ3v) is 5.53. The normalized spacial score (nSPS) is 19.0. The second-order valence-electron chi connectivity index (χ2n) is 6.65. The van der Waals surface area contributed by atoms with Crippen molar-refractivity contribution in [1.29, 1.82) is 0 Å². The molecular weight excluding hydrogens is 352 g/mol. The van der Waals surface area contributed by atoms with Crippen molar-refractivity contribution < 1.29 is 14.3 Å². The lowest BCUT2D eigenvalue weighted by Gasteiger charge is -2.37. The molecule has 4 rings (SSSR count). The number of pyridine rings is 1. The predicted octanol–water partition coefficient (Wildman–Crippen LogP) is 2.50. The fraction of sp³-hybridized carbons (Fsp3) is 0.500. The Morgan fingerprint density at radius 1 is 1.35 bits per heavy atom. The number of carbonyl (C=O) groups is 1. The van der Waals surface area contributed by atoms with Gasteiger partial charge in [0.25, 0.3) is 0 Å². The topological polar surface area (TPSA) is 76.6 Å². The number of aromatic nitrogens is 2. The van der Waals surface area contributed by atoms with E-state index < -0.39 is 5.79 Å². The minimum absolute atomic E-state index is 0.100. The lowest BCUT2D eigenvalue weighted by atomic mass is 10.0. The predicted molar refractivity (Wildman–Crippen MR) is 98.5 cm³/mol. The van der Waals surface area contributed by atoms with Gasteiger partial charge >= 0.3 is 0 Å². The van der Waals surface area contributed by atoms with Gasteiger partial charge in [-0.1, -0.05) is 0 Å². The number of piperidine rings is 1. The Balaban J connectivity index is 1.32. The summed E-state index contributed by atoms with van der Waals surface area (Å²) in [5, 5.41) is 5.86. The third-order valence-electron chi connectivity index (χ3n) is 4.73. The molecule has 1 N–H and O–H groups in total. The summed E-state index contributed by atoms with van der Waals surface area (Å²) in [6.07, 6.45) is 3.55. The second-order valence-corrected chi connectivity index (χ2v) is 7.51. The number of rotatable bonds is 4. The summed E-state index contributed by atoms with van der Waals surface area (Å²) in [6.45, 7) is 4.66. The van der Waals surface area contributed by atoms with Crippen LogP contribution >= 0.6 is 11.3 Å². The van der Waals surface area contributed by atoms with Gasteiger partial charge in [-0.25, -0.2) is 9.97 Å². The highest BCUT2D eigenvalue weighted by Crippen LogP contribution is 2.31. The Morgan fingerprint density at radius 2 is 2.12 bits per heavy atom. The maximum atomic E-state index is 12.6. The molecule has 0 aliphatic carbocycles. The van der Waals surface area contributed by atoms with E-state index in [4.69, 9.17) is 9.47 Å². The van der Waals surface area contributed by atoms with Gasteiger partial charge in [0.05, 0.1) is 25.3 Å². The largest absolute Gasteiger partial charge is 0.347 e. The average Bonchev–Trinajstić information content (AvgIpc) is 3.26.